The first-order valence-corrected chi connectivity index (χ1v) is 10.3. The number of methoxy groups -OCH3 is 1. The molecule has 0 fully saturated rings. The van der Waals surface area contributed by atoms with Crippen molar-refractivity contribution in [3.05, 3.63) is 66.1 Å². The fraction of sp³-hybridized carbons (Fsp3) is 0.320. The molecule has 0 saturated carbocycles. The van der Waals surface area contributed by atoms with E-state index >= 15 is 0 Å². The Morgan fingerprint density at radius 3 is 2.45 bits per heavy atom. The first-order chi connectivity index (χ1) is 14.8. The Morgan fingerprint density at radius 1 is 1.16 bits per heavy atom. The van der Waals surface area contributed by atoms with Gasteiger partial charge in [-0.2, -0.15) is 0 Å². The predicted octanol–water partition coefficient (Wildman–Crippen LogP) is 5.28. The molecule has 3 aromatic rings. The third-order valence-electron chi connectivity index (χ3n) is 5.31. The highest BCUT2D eigenvalue weighted by Crippen LogP contribution is 2.38. The van der Waals surface area contributed by atoms with Crippen molar-refractivity contribution in [2.45, 2.75) is 44.9 Å². The van der Waals surface area contributed by atoms with Gasteiger partial charge < -0.3 is 19.5 Å². The Labute approximate surface area is 181 Å². The van der Waals surface area contributed by atoms with Gasteiger partial charge in [-0.25, -0.2) is 4.39 Å². The summed E-state index contributed by atoms with van der Waals surface area (Å²) < 4.78 is 20.9. The second-order valence-electron chi connectivity index (χ2n) is 7.87. The summed E-state index contributed by atoms with van der Waals surface area (Å²) in [7, 11) is 1.44. The number of carboxylic acids is 1. The number of carbonyl (C=O) groups is 1. The van der Waals surface area contributed by atoms with Crippen LogP contribution in [0.2, 0.25) is 0 Å². The number of aliphatic carboxylic acids is 1. The molecule has 6 heteroatoms. The van der Waals surface area contributed by atoms with Crippen LogP contribution < -0.4 is 0 Å². The summed E-state index contributed by atoms with van der Waals surface area (Å²) in [6.45, 7) is 4.17. The summed E-state index contributed by atoms with van der Waals surface area (Å²) >= 11 is 0. The van der Waals surface area contributed by atoms with Crippen LogP contribution in [0.1, 0.15) is 38.4 Å². The molecule has 0 radical (unpaired) electrons. The van der Waals surface area contributed by atoms with Crippen LogP contribution in [0.25, 0.3) is 28.1 Å². The third kappa shape index (κ3) is 5.21. The molecule has 164 valence electrons. The van der Waals surface area contributed by atoms with Gasteiger partial charge in [0, 0.05) is 41.7 Å². The number of para-hydroxylation sites is 1. The number of fused-ring (bicyclic) bond motifs is 1. The van der Waals surface area contributed by atoms with Crippen LogP contribution in [0.4, 0.5) is 4.39 Å². The molecule has 2 aromatic carbocycles. The van der Waals surface area contributed by atoms with Crippen LogP contribution in [0, 0.1) is 5.82 Å². The lowest BCUT2D eigenvalue weighted by molar-refractivity contribution is -0.140. The Hall–Kier alpha value is -2.96. The van der Waals surface area contributed by atoms with Gasteiger partial charge in [0.05, 0.1) is 18.6 Å². The minimum atomic E-state index is -0.971. The maximum Gasteiger partial charge on any atom is 0.305 e. The molecule has 0 amide bonds. The normalized spacial score (nSPS) is 13.9. The van der Waals surface area contributed by atoms with Crippen molar-refractivity contribution in [1.82, 2.24) is 4.57 Å². The topological polar surface area (TPSA) is 71.7 Å². The summed E-state index contributed by atoms with van der Waals surface area (Å²) in [5, 5.41) is 20.5. The molecule has 1 aromatic heterocycles. The molecule has 0 unspecified atom stereocenters. The number of aromatic nitrogens is 1. The zero-order chi connectivity index (χ0) is 22.5. The van der Waals surface area contributed by atoms with Gasteiger partial charge in [0.25, 0.3) is 0 Å². The average Bonchev–Trinajstić information content (AvgIpc) is 3.06. The van der Waals surface area contributed by atoms with E-state index < -0.39 is 18.2 Å². The number of aliphatic hydroxyl groups is 1. The van der Waals surface area contributed by atoms with Crippen molar-refractivity contribution in [3.63, 3.8) is 0 Å². The number of hydrogen-bond acceptors (Lipinski definition) is 3. The highest BCUT2D eigenvalue weighted by atomic mass is 19.1. The van der Waals surface area contributed by atoms with E-state index in [1.807, 2.05) is 30.3 Å². The lowest BCUT2D eigenvalue weighted by Crippen LogP contribution is -2.21. The molecule has 5 nitrogen and oxygen atoms in total. The Kier molecular flexibility index (Phi) is 7.25. The highest BCUT2D eigenvalue weighted by molar-refractivity contribution is 6.01. The molecule has 0 aliphatic carbocycles. The fourth-order valence-electron chi connectivity index (χ4n) is 3.93. The van der Waals surface area contributed by atoms with Crippen molar-refractivity contribution in [2.24, 2.45) is 0 Å². The third-order valence-corrected chi connectivity index (χ3v) is 5.31. The molecule has 0 bridgehead atoms. The van der Waals surface area contributed by atoms with E-state index in [0.29, 0.717) is 0 Å². The van der Waals surface area contributed by atoms with Crippen LogP contribution in [0.5, 0.6) is 0 Å². The number of nitrogens with zero attached hydrogens (tertiary/aromatic N) is 1. The SMILES string of the molecule is CO[C@H](CC(=O)O)C[C@@H](O)/C=C/c1c(-c2ccc(F)cc2)c2ccccc2n1C(C)C. The molecular formula is C25H28FNO4. The van der Waals surface area contributed by atoms with Crippen molar-refractivity contribution in [3.8, 4) is 11.1 Å². The lowest BCUT2D eigenvalue weighted by Gasteiger charge is -2.16. The van der Waals surface area contributed by atoms with Crippen LogP contribution in [0.15, 0.2) is 54.6 Å². The molecule has 0 aliphatic heterocycles. The first kappa shape index (κ1) is 22.7. The summed E-state index contributed by atoms with van der Waals surface area (Å²) in [6.07, 6.45) is 2.07. The molecule has 3 rings (SSSR count). The lowest BCUT2D eigenvalue weighted by atomic mass is 10.0. The standard InChI is InChI=1S/C25H28FNO4/c1-16(2)27-22-7-5-4-6-21(22)25(17-8-10-18(26)11-9-17)23(27)13-12-19(28)14-20(31-3)15-24(29)30/h4-13,16,19-20,28H,14-15H2,1-3H3,(H,29,30)/b13-12+/t19-,20-/m0/s1. The first-order valence-electron chi connectivity index (χ1n) is 10.3. The number of benzene rings is 2. The number of hydrogen-bond donors (Lipinski definition) is 2. The fourth-order valence-corrected chi connectivity index (χ4v) is 3.93. The molecular weight excluding hydrogens is 397 g/mol. The zero-order valence-electron chi connectivity index (χ0n) is 18.0. The van der Waals surface area contributed by atoms with Gasteiger partial charge in [-0.1, -0.05) is 36.4 Å². The van der Waals surface area contributed by atoms with Crippen molar-refractivity contribution >= 4 is 22.9 Å². The van der Waals surface area contributed by atoms with Gasteiger partial charge in [0.15, 0.2) is 0 Å². The van der Waals surface area contributed by atoms with Gasteiger partial charge in [-0.15, -0.1) is 0 Å². The molecule has 2 N–H and O–H groups in total. The van der Waals surface area contributed by atoms with Gasteiger partial charge in [0.2, 0.25) is 0 Å². The van der Waals surface area contributed by atoms with Crippen LogP contribution >= 0.6 is 0 Å². The zero-order valence-corrected chi connectivity index (χ0v) is 18.0. The predicted molar refractivity (Wildman–Crippen MR) is 120 cm³/mol. The Balaban J connectivity index is 2.06. The number of halogens is 1. The van der Waals surface area contributed by atoms with Gasteiger partial charge in [-0.05, 0) is 43.7 Å². The van der Waals surface area contributed by atoms with E-state index in [0.717, 1.165) is 27.7 Å². The maximum atomic E-state index is 13.5. The van der Waals surface area contributed by atoms with Crippen LogP contribution in [-0.4, -0.2) is 40.1 Å². The second-order valence-corrected chi connectivity index (χ2v) is 7.87. The highest BCUT2D eigenvalue weighted by Gasteiger charge is 2.20. The number of ether oxygens (including phenoxy) is 1. The summed E-state index contributed by atoms with van der Waals surface area (Å²) in [5.74, 6) is -1.27. The number of aliphatic hydroxyl groups excluding tert-OH is 1. The summed E-state index contributed by atoms with van der Waals surface area (Å²) in [4.78, 5) is 11.0. The minimum absolute atomic E-state index is 0.148. The van der Waals surface area contributed by atoms with Crippen molar-refractivity contribution < 1.29 is 24.1 Å². The van der Waals surface area contributed by atoms with E-state index in [1.165, 1.54) is 19.2 Å². The van der Waals surface area contributed by atoms with Gasteiger partial charge in [-0.3, -0.25) is 4.79 Å². The molecule has 2 atom stereocenters. The Bertz CT molecular complexity index is 1070. The smallest absolute Gasteiger partial charge is 0.305 e. The summed E-state index contributed by atoms with van der Waals surface area (Å²) in [5.41, 5.74) is 3.79. The molecule has 31 heavy (non-hydrogen) atoms. The van der Waals surface area contributed by atoms with E-state index in [9.17, 15) is 14.3 Å². The number of carboxylic acid groups (broad SMARTS) is 1. The van der Waals surface area contributed by atoms with Gasteiger partial charge in [0.1, 0.15) is 5.82 Å². The maximum absolute atomic E-state index is 13.5. The molecule has 0 aliphatic rings. The second kappa shape index (κ2) is 9.90. The quantitative estimate of drug-likeness (QED) is 0.489. The van der Waals surface area contributed by atoms with Crippen molar-refractivity contribution in [2.75, 3.05) is 7.11 Å². The Morgan fingerprint density at radius 2 is 1.84 bits per heavy atom. The van der Waals surface area contributed by atoms with E-state index in [2.05, 4.69) is 18.4 Å². The van der Waals surface area contributed by atoms with E-state index in [1.54, 1.807) is 18.2 Å². The summed E-state index contributed by atoms with van der Waals surface area (Å²) in [6, 6.07) is 14.6. The molecule has 1 heterocycles. The minimum Gasteiger partial charge on any atom is -0.481 e. The van der Waals surface area contributed by atoms with Gasteiger partial charge >= 0.3 is 5.97 Å². The molecule has 0 spiro atoms. The largest absolute Gasteiger partial charge is 0.481 e. The average molecular weight is 426 g/mol. The van der Waals surface area contributed by atoms with E-state index in [4.69, 9.17) is 9.84 Å². The molecule has 0 saturated heterocycles. The van der Waals surface area contributed by atoms with Crippen LogP contribution in [-0.2, 0) is 9.53 Å². The van der Waals surface area contributed by atoms with E-state index in [-0.39, 0.29) is 24.7 Å². The monoisotopic (exact) mass is 425 g/mol. The van der Waals surface area contributed by atoms with Crippen LogP contribution in [0.3, 0.4) is 0 Å². The van der Waals surface area contributed by atoms with Crippen molar-refractivity contribution in [1.29, 1.82) is 0 Å². The number of rotatable bonds is 9.